The number of hydrogen-bond donors (Lipinski definition) is 1. The van der Waals surface area contributed by atoms with E-state index in [0.717, 1.165) is 43.0 Å². The molecule has 0 bridgehead atoms. The maximum atomic E-state index is 5.97. The van der Waals surface area contributed by atoms with Gasteiger partial charge in [-0.15, -0.1) is 10.2 Å². The number of nitrogens with zero attached hydrogens (tertiary/aromatic N) is 3. The predicted molar refractivity (Wildman–Crippen MR) is 86.6 cm³/mol. The zero-order valence-corrected chi connectivity index (χ0v) is 14.1. The predicted octanol–water partition coefficient (Wildman–Crippen LogP) is 3.67. The Balaban J connectivity index is 2.47. The summed E-state index contributed by atoms with van der Waals surface area (Å²) >= 11 is 5.97. The van der Waals surface area contributed by atoms with Gasteiger partial charge in [0.15, 0.2) is 11.0 Å². The summed E-state index contributed by atoms with van der Waals surface area (Å²) in [6.45, 7) is 14.0. The summed E-state index contributed by atoms with van der Waals surface area (Å²) in [7, 11) is 0. The fraction of sp³-hybridized carbons (Fsp3) is 0.733. The molecule has 0 fully saturated rings. The third-order valence-electron chi connectivity index (χ3n) is 3.85. The number of anilines is 1. The van der Waals surface area contributed by atoms with E-state index in [1.54, 1.807) is 0 Å². The summed E-state index contributed by atoms with van der Waals surface area (Å²) in [5.41, 5.74) is 2.08. The summed E-state index contributed by atoms with van der Waals surface area (Å²) in [6.07, 6.45) is 2.31. The van der Waals surface area contributed by atoms with Crippen molar-refractivity contribution >= 4 is 17.4 Å². The normalized spacial score (nSPS) is 12.8. The van der Waals surface area contributed by atoms with Gasteiger partial charge in [0.25, 0.3) is 0 Å². The van der Waals surface area contributed by atoms with Crippen LogP contribution in [0.15, 0.2) is 0 Å². The Bertz CT molecular complexity index is 419. The molecule has 1 rings (SSSR count). The van der Waals surface area contributed by atoms with Crippen LogP contribution in [0, 0.1) is 13.8 Å². The van der Waals surface area contributed by atoms with Crippen LogP contribution in [-0.4, -0.2) is 40.8 Å². The molecule has 0 radical (unpaired) electrons. The van der Waals surface area contributed by atoms with Crippen molar-refractivity contribution in [2.24, 2.45) is 0 Å². The molecule has 1 unspecified atom stereocenters. The van der Waals surface area contributed by atoms with Crippen molar-refractivity contribution in [3.05, 3.63) is 16.3 Å². The van der Waals surface area contributed by atoms with Gasteiger partial charge in [0.1, 0.15) is 0 Å². The minimum absolute atomic E-state index is 0.388. The molecule has 0 amide bonds. The maximum Gasteiger partial charge on any atom is 0.155 e. The quantitative estimate of drug-likeness (QED) is 0.795. The van der Waals surface area contributed by atoms with Crippen LogP contribution in [-0.2, 0) is 0 Å². The van der Waals surface area contributed by atoms with E-state index >= 15 is 0 Å². The number of aromatic nitrogens is 2. The van der Waals surface area contributed by atoms with Gasteiger partial charge in [-0.2, -0.15) is 0 Å². The third-order valence-corrected chi connectivity index (χ3v) is 4.21. The van der Waals surface area contributed by atoms with Gasteiger partial charge >= 0.3 is 0 Å². The molecule has 0 aliphatic heterocycles. The summed E-state index contributed by atoms with van der Waals surface area (Å²) < 4.78 is 0. The molecule has 0 saturated heterocycles. The van der Waals surface area contributed by atoms with Gasteiger partial charge in [-0.1, -0.05) is 25.4 Å². The second-order valence-corrected chi connectivity index (χ2v) is 5.66. The van der Waals surface area contributed by atoms with Gasteiger partial charge < -0.3 is 10.2 Å². The highest BCUT2D eigenvalue weighted by atomic mass is 35.5. The molecule has 1 aromatic rings. The van der Waals surface area contributed by atoms with E-state index in [4.69, 9.17) is 11.6 Å². The van der Waals surface area contributed by atoms with Crippen molar-refractivity contribution in [3.63, 3.8) is 0 Å². The van der Waals surface area contributed by atoms with E-state index in [1.807, 2.05) is 13.8 Å². The van der Waals surface area contributed by atoms with E-state index in [1.165, 1.54) is 6.42 Å². The fourth-order valence-corrected chi connectivity index (χ4v) is 2.36. The summed E-state index contributed by atoms with van der Waals surface area (Å²) in [4.78, 5) is 2.45. The lowest BCUT2D eigenvalue weighted by atomic mass is 10.1. The Morgan fingerprint density at radius 1 is 1.15 bits per heavy atom. The van der Waals surface area contributed by atoms with Gasteiger partial charge in [0, 0.05) is 6.04 Å². The van der Waals surface area contributed by atoms with Crippen LogP contribution in [0.1, 0.15) is 44.7 Å². The van der Waals surface area contributed by atoms with Crippen molar-refractivity contribution in [2.45, 2.75) is 53.5 Å². The highest BCUT2D eigenvalue weighted by molar-refractivity contribution is 6.30. The molecular formula is C15H27ClN4. The average Bonchev–Trinajstić information content (AvgIpc) is 2.44. The molecule has 0 aliphatic rings. The molecular weight excluding hydrogens is 272 g/mol. The van der Waals surface area contributed by atoms with Crippen molar-refractivity contribution in [3.8, 4) is 0 Å². The second-order valence-electron chi connectivity index (χ2n) is 5.30. The van der Waals surface area contributed by atoms with E-state index in [2.05, 4.69) is 41.2 Å². The van der Waals surface area contributed by atoms with E-state index in [0.29, 0.717) is 11.2 Å². The fourth-order valence-electron chi connectivity index (χ4n) is 2.18. The smallest absolute Gasteiger partial charge is 0.155 e. The van der Waals surface area contributed by atoms with Crippen molar-refractivity contribution in [2.75, 3.05) is 25.0 Å². The summed E-state index contributed by atoms with van der Waals surface area (Å²) in [5.74, 6) is 0.849. The third kappa shape index (κ3) is 4.91. The van der Waals surface area contributed by atoms with Crippen LogP contribution < -0.4 is 5.32 Å². The van der Waals surface area contributed by atoms with Crippen molar-refractivity contribution in [1.82, 2.24) is 15.1 Å². The van der Waals surface area contributed by atoms with Crippen LogP contribution in [0.4, 0.5) is 5.82 Å². The largest absolute Gasteiger partial charge is 0.366 e. The van der Waals surface area contributed by atoms with Gasteiger partial charge in [-0.3, -0.25) is 0 Å². The Hall–Kier alpha value is -0.870. The molecule has 0 aliphatic carbocycles. The van der Waals surface area contributed by atoms with Crippen LogP contribution in [0.3, 0.4) is 0 Å². The van der Waals surface area contributed by atoms with E-state index in [9.17, 15) is 0 Å². The molecule has 4 nitrogen and oxygen atoms in total. The lowest BCUT2D eigenvalue weighted by molar-refractivity contribution is 0.295. The summed E-state index contributed by atoms with van der Waals surface area (Å²) in [5, 5.41) is 12.0. The van der Waals surface area contributed by atoms with E-state index < -0.39 is 0 Å². The Morgan fingerprint density at radius 3 is 2.40 bits per heavy atom. The maximum absolute atomic E-state index is 5.97. The van der Waals surface area contributed by atoms with Crippen molar-refractivity contribution < 1.29 is 0 Å². The van der Waals surface area contributed by atoms with Crippen LogP contribution in [0.25, 0.3) is 0 Å². The van der Waals surface area contributed by atoms with Gasteiger partial charge in [-0.25, -0.2) is 0 Å². The molecule has 1 atom stereocenters. The number of halogens is 1. The minimum Gasteiger partial charge on any atom is -0.366 e. The van der Waals surface area contributed by atoms with Crippen LogP contribution in [0.2, 0.25) is 5.15 Å². The first-order chi connectivity index (χ1) is 9.49. The first-order valence-electron chi connectivity index (χ1n) is 7.47. The molecule has 1 heterocycles. The minimum atomic E-state index is 0.388. The molecule has 5 heteroatoms. The Kier molecular flexibility index (Phi) is 7.24. The SMILES string of the molecule is CCN(CC)CCCC(C)Nc1nnc(Cl)c(C)c1C. The lowest BCUT2D eigenvalue weighted by Gasteiger charge is -2.20. The van der Waals surface area contributed by atoms with Gasteiger partial charge in [0.05, 0.1) is 0 Å². The number of rotatable bonds is 8. The summed E-state index contributed by atoms with van der Waals surface area (Å²) in [6, 6.07) is 0.388. The highest BCUT2D eigenvalue weighted by Crippen LogP contribution is 2.21. The van der Waals surface area contributed by atoms with Gasteiger partial charge in [-0.05, 0) is 64.4 Å². The molecule has 0 saturated carbocycles. The first kappa shape index (κ1) is 17.2. The molecule has 0 aromatic carbocycles. The molecule has 1 aromatic heterocycles. The van der Waals surface area contributed by atoms with Crippen LogP contribution in [0.5, 0.6) is 0 Å². The number of hydrogen-bond acceptors (Lipinski definition) is 4. The molecule has 1 N–H and O–H groups in total. The van der Waals surface area contributed by atoms with Crippen molar-refractivity contribution in [1.29, 1.82) is 0 Å². The zero-order valence-electron chi connectivity index (χ0n) is 13.3. The molecule has 114 valence electrons. The van der Waals surface area contributed by atoms with Crippen LogP contribution >= 0.6 is 11.6 Å². The van der Waals surface area contributed by atoms with E-state index in [-0.39, 0.29) is 0 Å². The average molecular weight is 299 g/mol. The monoisotopic (exact) mass is 298 g/mol. The highest BCUT2D eigenvalue weighted by Gasteiger charge is 2.10. The molecule has 20 heavy (non-hydrogen) atoms. The first-order valence-corrected chi connectivity index (χ1v) is 7.85. The lowest BCUT2D eigenvalue weighted by Crippen LogP contribution is -2.26. The number of nitrogens with one attached hydrogen (secondary N) is 1. The molecule has 0 spiro atoms. The van der Waals surface area contributed by atoms with Gasteiger partial charge in [0.2, 0.25) is 0 Å². The standard InChI is InChI=1S/C15H27ClN4/c1-6-20(7-2)10-8-9-11(3)17-15-13(5)12(4)14(16)18-19-15/h11H,6-10H2,1-5H3,(H,17,19). The topological polar surface area (TPSA) is 41.0 Å². The second kappa shape index (κ2) is 8.42. The zero-order chi connectivity index (χ0) is 15.1. The Labute approximate surface area is 127 Å². The Morgan fingerprint density at radius 2 is 1.80 bits per heavy atom.